The zero-order valence-electron chi connectivity index (χ0n) is 18.6. The summed E-state index contributed by atoms with van der Waals surface area (Å²) in [5.41, 5.74) is 5.53. The van der Waals surface area contributed by atoms with Crippen molar-refractivity contribution in [1.82, 2.24) is 19.9 Å². The Morgan fingerprint density at radius 2 is 1.69 bits per heavy atom. The molecule has 8 nitrogen and oxygen atoms in total. The van der Waals surface area contributed by atoms with Crippen LogP contribution in [0.4, 0.5) is 17.5 Å². The van der Waals surface area contributed by atoms with Crippen LogP contribution in [0.2, 0.25) is 0 Å². The van der Waals surface area contributed by atoms with Crippen LogP contribution in [0.3, 0.4) is 0 Å². The van der Waals surface area contributed by atoms with Gasteiger partial charge in [-0.1, -0.05) is 18.2 Å². The molecule has 0 saturated heterocycles. The molecule has 0 fully saturated rings. The molecule has 0 atom stereocenters. The number of rotatable bonds is 8. The van der Waals surface area contributed by atoms with Crippen LogP contribution in [0.25, 0.3) is 11.2 Å². The lowest BCUT2D eigenvalue weighted by Crippen LogP contribution is -2.10. The SMILES string of the molecule is COc1ccc(CCNc2nc(Nc3cc(C)ccc3C)c3nccnc3n2)cc1OC. The zero-order chi connectivity index (χ0) is 22.5. The Morgan fingerprint density at radius 3 is 2.50 bits per heavy atom. The highest BCUT2D eigenvalue weighted by molar-refractivity contribution is 5.86. The van der Waals surface area contributed by atoms with Gasteiger partial charge in [0, 0.05) is 24.6 Å². The molecule has 2 aromatic heterocycles. The molecule has 0 amide bonds. The molecule has 0 saturated carbocycles. The first-order valence-corrected chi connectivity index (χ1v) is 10.3. The van der Waals surface area contributed by atoms with Crippen LogP contribution < -0.4 is 20.1 Å². The number of hydrogen-bond acceptors (Lipinski definition) is 8. The molecule has 0 aliphatic rings. The van der Waals surface area contributed by atoms with Crippen LogP contribution in [0, 0.1) is 13.8 Å². The van der Waals surface area contributed by atoms with Gasteiger partial charge in [0.1, 0.15) is 0 Å². The Labute approximate surface area is 187 Å². The largest absolute Gasteiger partial charge is 0.493 e. The maximum absolute atomic E-state index is 5.39. The van der Waals surface area contributed by atoms with Gasteiger partial charge in [0.05, 0.1) is 14.2 Å². The van der Waals surface area contributed by atoms with Crippen molar-refractivity contribution in [2.75, 3.05) is 31.4 Å². The van der Waals surface area contributed by atoms with Crippen molar-refractivity contribution in [1.29, 1.82) is 0 Å². The second kappa shape index (κ2) is 9.47. The van der Waals surface area contributed by atoms with E-state index in [1.807, 2.05) is 18.2 Å². The van der Waals surface area contributed by atoms with Gasteiger partial charge in [-0.15, -0.1) is 0 Å². The van der Waals surface area contributed by atoms with E-state index in [1.165, 1.54) is 0 Å². The summed E-state index contributed by atoms with van der Waals surface area (Å²) in [7, 11) is 3.26. The van der Waals surface area contributed by atoms with Crippen molar-refractivity contribution in [3.8, 4) is 11.5 Å². The second-order valence-corrected chi connectivity index (χ2v) is 7.43. The molecular formula is C24H26N6O2. The van der Waals surface area contributed by atoms with E-state index in [4.69, 9.17) is 9.47 Å². The maximum atomic E-state index is 5.39. The molecule has 164 valence electrons. The molecule has 0 bridgehead atoms. The van der Waals surface area contributed by atoms with Gasteiger partial charge in [0.2, 0.25) is 5.95 Å². The molecule has 2 heterocycles. The first kappa shape index (κ1) is 21.3. The summed E-state index contributed by atoms with van der Waals surface area (Å²) in [6.45, 7) is 4.76. The summed E-state index contributed by atoms with van der Waals surface area (Å²) in [5.74, 6) is 2.53. The molecule has 2 N–H and O–H groups in total. The van der Waals surface area contributed by atoms with Gasteiger partial charge in [-0.3, -0.25) is 0 Å². The average Bonchev–Trinajstić information content (AvgIpc) is 2.81. The Bertz CT molecular complexity index is 1240. The number of anilines is 3. The van der Waals surface area contributed by atoms with Gasteiger partial charge in [0.15, 0.2) is 28.5 Å². The lowest BCUT2D eigenvalue weighted by atomic mass is 10.1. The Kier molecular flexibility index (Phi) is 6.30. The van der Waals surface area contributed by atoms with Crippen molar-refractivity contribution in [2.45, 2.75) is 20.3 Å². The smallest absolute Gasteiger partial charge is 0.226 e. The Morgan fingerprint density at radius 1 is 0.875 bits per heavy atom. The quantitative estimate of drug-likeness (QED) is 0.423. The van der Waals surface area contributed by atoms with Crippen LogP contribution >= 0.6 is 0 Å². The molecule has 32 heavy (non-hydrogen) atoms. The highest BCUT2D eigenvalue weighted by Gasteiger charge is 2.12. The van der Waals surface area contributed by atoms with Crippen molar-refractivity contribution >= 4 is 28.6 Å². The molecular weight excluding hydrogens is 404 g/mol. The van der Waals surface area contributed by atoms with Crippen molar-refractivity contribution in [2.24, 2.45) is 0 Å². The molecule has 4 aromatic rings. The third-order valence-corrected chi connectivity index (χ3v) is 5.12. The van der Waals surface area contributed by atoms with E-state index in [9.17, 15) is 0 Å². The Hall–Kier alpha value is -3.94. The van der Waals surface area contributed by atoms with Gasteiger partial charge in [-0.2, -0.15) is 9.97 Å². The van der Waals surface area contributed by atoms with E-state index >= 15 is 0 Å². The summed E-state index contributed by atoms with van der Waals surface area (Å²) < 4.78 is 10.7. The van der Waals surface area contributed by atoms with Crippen LogP contribution in [0.15, 0.2) is 48.8 Å². The normalized spacial score (nSPS) is 10.8. The monoisotopic (exact) mass is 430 g/mol. The maximum Gasteiger partial charge on any atom is 0.226 e. The summed E-state index contributed by atoms with van der Waals surface area (Å²) in [6, 6.07) is 12.1. The van der Waals surface area contributed by atoms with Gasteiger partial charge < -0.3 is 20.1 Å². The summed E-state index contributed by atoms with van der Waals surface area (Å²) >= 11 is 0. The van der Waals surface area contributed by atoms with E-state index in [2.05, 4.69) is 62.6 Å². The van der Waals surface area contributed by atoms with Crippen molar-refractivity contribution in [3.05, 3.63) is 65.5 Å². The molecule has 0 aliphatic carbocycles. The zero-order valence-corrected chi connectivity index (χ0v) is 18.6. The van der Waals surface area contributed by atoms with E-state index in [0.717, 1.165) is 28.8 Å². The van der Waals surface area contributed by atoms with E-state index < -0.39 is 0 Å². The fourth-order valence-corrected chi connectivity index (χ4v) is 3.38. The molecule has 0 radical (unpaired) electrons. The van der Waals surface area contributed by atoms with Gasteiger partial charge in [-0.25, -0.2) is 9.97 Å². The summed E-state index contributed by atoms with van der Waals surface area (Å²) in [5, 5.41) is 6.71. The standard InChI is InChI=1S/C24H26N6O2/c1-15-5-6-16(2)18(13-15)28-23-21-22(26-12-11-25-21)29-24(30-23)27-10-9-17-7-8-19(31-3)20(14-17)32-4/h5-8,11-14H,9-10H2,1-4H3,(H2,26,27,28,29,30). The first-order chi connectivity index (χ1) is 15.6. The van der Waals surface area contributed by atoms with E-state index in [1.54, 1.807) is 26.6 Å². The summed E-state index contributed by atoms with van der Waals surface area (Å²) in [4.78, 5) is 18.0. The number of nitrogens with one attached hydrogen (secondary N) is 2. The van der Waals surface area contributed by atoms with E-state index in [-0.39, 0.29) is 0 Å². The van der Waals surface area contributed by atoms with E-state index in [0.29, 0.717) is 41.0 Å². The predicted octanol–water partition coefficient (Wildman–Crippen LogP) is 4.45. The lowest BCUT2D eigenvalue weighted by Gasteiger charge is -2.13. The predicted molar refractivity (Wildman–Crippen MR) is 126 cm³/mol. The number of fused-ring (bicyclic) bond motifs is 1. The molecule has 4 rings (SSSR count). The minimum Gasteiger partial charge on any atom is -0.493 e. The fourth-order valence-electron chi connectivity index (χ4n) is 3.38. The van der Waals surface area contributed by atoms with Crippen molar-refractivity contribution < 1.29 is 9.47 Å². The van der Waals surface area contributed by atoms with Crippen molar-refractivity contribution in [3.63, 3.8) is 0 Å². The molecule has 0 aliphatic heterocycles. The minimum atomic E-state index is 0.492. The van der Waals surface area contributed by atoms with Crippen LogP contribution in [0.1, 0.15) is 16.7 Å². The van der Waals surface area contributed by atoms with Gasteiger partial charge >= 0.3 is 0 Å². The topological polar surface area (TPSA) is 94.1 Å². The van der Waals surface area contributed by atoms with Crippen LogP contribution in [-0.4, -0.2) is 40.7 Å². The molecule has 0 spiro atoms. The van der Waals surface area contributed by atoms with Crippen LogP contribution in [0.5, 0.6) is 11.5 Å². The third-order valence-electron chi connectivity index (χ3n) is 5.12. The fraction of sp³-hybridized carbons (Fsp3) is 0.250. The first-order valence-electron chi connectivity index (χ1n) is 10.3. The number of ether oxygens (including phenoxy) is 2. The second-order valence-electron chi connectivity index (χ2n) is 7.43. The molecule has 0 unspecified atom stereocenters. The highest BCUT2D eigenvalue weighted by atomic mass is 16.5. The number of nitrogens with zero attached hydrogens (tertiary/aromatic N) is 4. The molecule has 2 aromatic carbocycles. The highest BCUT2D eigenvalue weighted by Crippen LogP contribution is 2.28. The number of aryl methyl sites for hydroxylation is 2. The van der Waals surface area contributed by atoms with Gasteiger partial charge in [-0.05, 0) is 55.2 Å². The number of aromatic nitrogens is 4. The van der Waals surface area contributed by atoms with Gasteiger partial charge in [0.25, 0.3) is 0 Å². The third kappa shape index (κ3) is 4.69. The van der Waals surface area contributed by atoms with Crippen LogP contribution in [-0.2, 0) is 6.42 Å². The number of benzene rings is 2. The number of hydrogen-bond donors (Lipinski definition) is 2. The Balaban J connectivity index is 1.55. The molecule has 8 heteroatoms. The summed E-state index contributed by atoms with van der Waals surface area (Å²) in [6.07, 6.45) is 4.04. The minimum absolute atomic E-state index is 0.492. The number of methoxy groups -OCH3 is 2. The average molecular weight is 431 g/mol. The lowest BCUT2D eigenvalue weighted by molar-refractivity contribution is 0.354.